The molecule has 0 spiro atoms. The van der Waals surface area contributed by atoms with E-state index in [1.54, 1.807) is 11.3 Å². The fourth-order valence-corrected chi connectivity index (χ4v) is 5.90. The summed E-state index contributed by atoms with van der Waals surface area (Å²) in [5, 5.41) is 16.0. The van der Waals surface area contributed by atoms with Gasteiger partial charge in [-0.25, -0.2) is 4.79 Å². The van der Waals surface area contributed by atoms with Crippen molar-refractivity contribution in [1.82, 2.24) is 0 Å². The van der Waals surface area contributed by atoms with Crippen LogP contribution in [0.5, 0.6) is 0 Å². The molecule has 11 heteroatoms. The van der Waals surface area contributed by atoms with Gasteiger partial charge in [-0.2, -0.15) is 24.5 Å². The largest absolute Gasteiger partial charge is 0.542 e. The second-order valence-electron chi connectivity index (χ2n) is 10.0. The smallest absolute Gasteiger partial charge is 0.430 e. The van der Waals surface area contributed by atoms with E-state index < -0.39 is 18.2 Å². The van der Waals surface area contributed by atoms with Crippen molar-refractivity contribution >= 4 is 34.7 Å². The zero-order valence-electron chi connectivity index (χ0n) is 21.5. The van der Waals surface area contributed by atoms with Crippen LogP contribution in [0.1, 0.15) is 34.8 Å². The van der Waals surface area contributed by atoms with Crippen molar-refractivity contribution in [1.29, 1.82) is 0 Å². The summed E-state index contributed by atoms with van der Waals surface area (Å²) in [7, 11) is 0. The van der Waals surface area contributed by atoms with Crippen molar-refractivity contribution in [2.75, 3.05) is 31.5 Å². The maximum absolute atomic E-state index is 13.4. The molecule has 1 aromatic heterocycles. The van der Waals surface area contributed by atoms with E-state index in [0.717, 1.165) is 53.8 Å². The van der Waals surface area contributed by atoms with E-state index in [0.29, 0.717) is 12.5 Å². The quantitative estimate of drug-likeness (QED) is 0.246. The average Bonchev–Trinajstić information content (AvgIpc) is 3.49. The number of ether oxygens (including phenoxy) is 1. The first-order valence-electron chi connectivity index (χ1n) is 12.8. The third-order valence-corrected chi connectivity index (χ3v) is 8.00. The van der Waals surface area contributed by atoms with Crippen LogP contribution < -0.4 is 10.4 Å². The van der Waals surface area contributed by atoms with Crippen molar-refractivity contribution in [3.05, 3.63) is 88.6 Å². The first kappa shape index (κ1) is 29.3. The zero-order chi connectivity index (χ0) is 28.8. The highest BCUT2D eigenvalue weighted by atomic mass is 32.1. The number of hydrogen-bond acceptors (Lipinski definition) is 7. The summed E-state index contributed by atoms with van der Waals surface area (Å²) >= 11 is 1.55. The number of piperidine rings is 3. The van der Waals surface area contributed by atoms with Crippen molar-refractivity contribution in [2.45, 2.75) is 31.2 Å². The topological polar surface area (TPSA) is 95.5 Å². The average molecular weight is 575 g/mol. The highest BCUT2D eigenvalue weighted by molar-refractivity contribution is 7.08. The Morgan fingerprint density at radius 2 is 1.60 bits per heavy atom. The molecule has 0 aliphatic carbocycles. The molecule has 2 atom stereocenters. The van der Waals surface area contributed by atoms with Gasteiger partial charge in [0.2, 0.25) is 5.78 Å². The van der Waals surface area contributed by atoms with Crippen LogP contribution >= 0.6 is 11.3 Å². The van der Waals surface area contributed by atoms with Gasteiger partial charge in [-0.15, -0.1) is 0 Å². The van der Waals surface area contributed by atoms with Gasteiger partial charge in [-0.05, 0) is 29.1 Å². The number of anilines is 1. The van der Waals surface area contributed by atoms with Gasteiger partial charge in [0.1, 0.15) is 19.1 Å². The minimum Gasteiger partial charge on any atom is -0.542 e. The fraction of sp³-hybridized carbons (Fsp3) is 0.345. The molecule has 3 fully saturated rings. The molecule has 3 aliphatic rings. The SMILES string of the molecule is O=C(C[N+]12CCC(CC1)C(OC(=O)C(Nc1ccccc1)c1ccccc1)C2)c1ccsc1.O=C([O-])C(F)(F)F. The summed E-state index contributed by atoms with van der Waals surface area (Å²) in [5.41, 5.74) is 2.55. The summed E-state index contributed by atoms with van der Waals surface area (Å²) in [6.45, 7) is 3.18. The maximum atomic E-state index is 13.4. The van der Waals surface area contributed by atoms with Crippen LogP contribution in [0.15, 0.2) is 77.5 Å². The first-order chi connectivity index (χ1) is 19.1. The molecule has 0 radical (unpaired) electrons. The van der Waals surface area contributed by atoms with Crippen molar-refractivity contribution in [3.63, 3.8) is 0 Å². The van der Waals surface area contributed by atoms with E-state index in [9.17, 15) is 22.8 Å². The number of esters is 1. The minimum atomic E-state index is -5.19. The van der Waals surface area contributed by atoms with Crippen molar-refractivity contribution in [2.24, 2.45) is 5.92 Å². The van der Waals surface area contributed by atoms with Gasteiger partial charge >= 0.3 is 12.1 Å². The van der Waals surface area contributed by atoms with Crippen LogP contribution in [-0.4, -0.2) is 60.7 Å². The highest BCUT2D eigenvalue weighted by Crippen LogP contribution is 2.37. The number of alkyl halides is 3. The number of Topliss-reactive ketones (excluding diaryl/α,β-unsaturated/α-hetero) is 1. The monoisotopic (exact) mass is 574 g/mol. The number of aliphatic carboxylic acids is 1. The molecule has 3 aliphatic heterocycles. The van der Waals surface area contributed by atoms with Crippen LogP contribution in [0.2, 0.25) is 0 Å². The Bertz CT molecular complexity index is 1280. The van der Waals surface area contributed by atoms with Gasteiger partial charge in [0.15, 0.2) is 12.1 Å². The number of benzene rings is 2. The number of carbonyl (C=O) groups excluding carboxylic acids is 3. The Kier molecular flexibility index (Phi) is 9.26. The van der Waals surface area contributed by atoms with Crippen molar-refractivity contribution < 1.29 is 41.9 Å². The molecule has 2 unspecified atom stereocenters. The molecule has 6 rings (SSSR count). The van der Waals surface area contributed by atoms with Gasteiger partial charge in [0, 0.05) is 35.4 Å². The number of nitrogens with zero attached hydrogens (tertiary/aromatic N) is 1. The Morgan fingerprint density at radius 3 is 2.15 bits per heavy atom. The highest BCUT2D eigenvalue weighted by Gasteiger charge is 2.49. The van der Waals surface area contributed by atoms with Crippen molar-refractivity contribution in [3.8, 4) is 0 Å². The molecule has 3 saturated heterocycles. The Balaban J connectivity index is 0.000000470. The van der Waals surface area contributed by atoms with Gasteiger partial charge in [0.25, 0.3) is 0 Å². The molecule has 212 valence electrons. The summed E-state index contributed by atoms with van der Waals surface area (Å²) in [5.74, 6) is -2.70. The summed E-state index contributed by atoms with van der Waals surface area (Å²) in [4.78, 5) is 35.1. The predicted octanol–water partition coefficient (Wildman–Crippen LogP) is 4.24. The Labute approximate surface area is 233 Å². The lowest BCUT2D eigenvalue weighted by atomic mass is 9.82. The third-order valence-electron chi connectivity index (χ3n) is 7.32. The number of rotatable bonds is 8. The molecule has 4 heterocycles. The van der Waals surface area contributed by atoms with E-state index in [4.69, 9.17) is 14.6 Å². The molecule has 2 aromatic carbocycles. The lowest BCUT2D eigenvalue weighted by Crippen LogP contribution is -2.65. The predicted molar refractivity (Wildman–Crippen MR) is 141 cm³/mol. The fourth-order valence-electron chi connectivity index (χ4n) is 5.24. The Morgan fingerprint density at radius 1 is 1.00 bits per heavy atom. The second-order valence-corrected chi connectivity index (χ2v) is 10.8. The number of carboxylic acids is 1. The number of para-hydroxylation sites is 1. The molecule has 7 nitrogen and oxygen atoms in total. The molecule has 1 N–H and O–H groups in total. The normalized spacial score (nSPS) is 22.4. The number of halogens is 3. The third kappa shape index (κ3) is 7.48. The van der Waals surface area contributed by atoms with E-state index in [1.807, 2.05) is 77.5 Å². The van der Waals surface area contributed by atoms with E-state index >= 15 is 0 Å². The maximum Gasteiger partial charge on any atom is 0.430 e. The number of hydrogen-bond donors (Lipinski definition) is 1. The molecular weight excluding hydrogens is 545 g/mol. The van der Waals surface area contributed by atoms with Crippen LogP contribution in [0.3, 0.4) is 0 Å². The number of thiophene rings is 1. The second kappa shape index (κ2) is 12.6. The number of carbonyl (C=O) groups is 3. The van der Waals surface area contributed by atoms with Crippen LogP contribution in [0.25, 0.3) is 0 Å². The summed E-state index contributed by atoms with van der Waals surface area (Å²) in [6, 6.07) is 20.8. The minimum absolute atomic E-state index is 0.154. The zero-order valence-corrected chi connectivity index (χ0v) is 22.3. The summed E-state index contributed by atoms with van der Waals surface area (Å²) in [6.07, 6.45) is -3.35. The number of quaternary nitrogens is 1. The molecule has 0 amide bonds. The lowest BCUT2D eigenvalue weighted by molar-refractivity contribution is -0.938. The molecule has 0 saturated carbocycles. The van der Waals surface area contributed by atoms with Crippen LogP contribution in [0.4, 0.5) is 18.9 Å². The number of ketones is 1. The number of carboxylic acid groups (broad SMARTS) is 1. The van der Waals surface area contributed by atoms with Gasteiger partial charge in [-0.1, -0.05) is 48.5 Å². The molecule has 3 aromatic rings. The van der Waals surface area contributed by atoms with E-state index in [-0.39, 0.29) is 17.9 Å². The molecular formula is C29H29F3N2O5S. The van der Waals surface area contributed by atoms with Crippen LogP contribution in [-0.2, 0) is 14.3 Å². The van der Waals surface area contributed by atoms with Crippen LogP contribution in [0, 0.1) is 5.92 Å². The molecule has 2 bridgehead atoms. The Hall–Kier alpha value is -3.70. The van der Waals surface area contributed by atoms with Gasteiger partial charge < -0.3 is 24.4 Å². The standard InChI is InChI=1S/C27H29N2O3S.C2HF3O2/c30-24(22-13-16-33-19-22)17-29-14-11-20(12-15-29)25(18-29)32-27(31)26(21-7-3-1-4-8-21)28-23-9-5-2-6-10-23;3-2(4,5)1(6)7/h1-10,13,16,19-20,25-26,28H,11-12,14-15,17-18H2;(H,6,7)/q+1;/p-1. The lowest BCUT2D eigenvalue weighted by Gasteiger charge is -2.51. The molecule has 40 heavy (non-hydrogen) atoms. The van der Waals surface area contributed by atoms with Gasteiger partial charge in [0.05, 0.1) is 13.1 Å². The van der Waals surface area contributed by atoms with E-state index in [2.05, 4.69) is 5.32 Å². The van der Waals surface area contributed by atoms with E-state index in [1.165, 1.54) is 0 Å². The number of nitrogens with one attached hydrogen (secondary N) is 1. The van der Waals surface area contributed by atoms with Gasteiger partial charge in [-0.3, -0.25) is 4.79 Å². The summed E-state index contributed by atoms with van der Waals surface area (Å²) < 4.78 is 38.5. The number of fused-ring (bicyclic) bond motifs is 3. The first-order valence-corrected chi connectivity index (χ1v) is 13.8.